The summed E-state index contributed by atoms with van der Waals surface area (Å²) >= 11 is 7.34. The van der Waals surface area contributed by atoms with Gasteiger partial charge in [0, 0.05) is 30.0 Å². The Hall–Kier alpha value is -2.41. The highest BCUT2D eigenvalue weighted by atomic mass is 35.5. The topological polar surface area (TPSA) is 45.7 Å². The number of carbonyl (C=O) groups excluding carboxylic acids is 1. The van der Waals surface area contributed by atoms with E-state index in [1.807, 2.05) is 40.6 Å². The monoisotopic (exact) mass is 427 g/mol. The summed E-state index contributed by atoms with van der Waals surface area (Å²) in [5.74, 6) is 0.696. The van der Waals surface area contributed by atoms with Gasteiger partial charge in [0.05, 0.1) is 6.04 Å². The minimum atomic E-state index is -0.0269. The Morgan fingerprint density at radius 2 is 1.93 bits per heavy atom. The second-order valence-electron chi connectivity index (χ2n) is 7.06. The van der Waals surface area contributed by atoms with Crippen molar-refractivity contribution < 1.29 is 9.53 Å². The fraction of sp³-hybridized carbons (Fsp3) is 0.273. The van der Waals surface area contributed by atoms with Gasteiger partial charge in [-0.25, -0.2) is 4.98 Å². The largest absolute Gasteiger partial charge is 0.486 e. The van der Waals surface area contributed by atoms with Crippen molar-refractivity contribution in [3.05, 3.63) is 81.3 Å². The Kier molecular flexibility index (Phi) is 6.13. The van der Waals surface area contributed by atoms with Crippen molar-refractivity contribution in [2.45, 2.75) is 12.6 Å². The number of likely N-dealkylation sites (N-methyl/N-ethyl adjacent to an activating group) is 1. The zero-order valence-corrected chi connectivity index (χ0v) is 17.7. The first-order valence-corrected chi connectivity index (χ1v) is 10.7. The maximum absolute atomic E-state index is 13.2. The molecule has 0 spiro atoms. The normalized spacial score (nSPS) is 17.3. The Labute approximate surface area is 179 Å². The summed E-state index contributed by atoms with van der Waals surface area (Å²) < 4.78 is 5.75. The predicted molar refractivity (Wildman–Crippen MR) is 116 cm³/mol. The maximum atomic E-state index is 13.2. The third-order valence-corrected chi connectivity index (χ3v) is 6.05. The average molecular weight is 428 g/mol. The Morgan fingerprint density at radius 1 is 1.17 bits per heavy atom. The molecule has 1 unspecified atom stereocenters. The molecule has 1 saturated heterocycles. The van der Waals surface area contributed by atoms with E-state index in [1.165, 1.54) is 11.3 Å². The predicted octanol–water partition coefficient (Wildman–Crippen LogP) is 4.50. The van der Waals surface area contributed by atoms with E-state index >= 15 is 0 Å². The Morgan fingerprint density at radius 3 is 2.69 bits per heavy atom. The lowest BCUT2D eigenvalue weighted by Crippen LogP contribution is -2.49. The Balaban J connectivity index is 1.46. The van der Waals surface area contributed by atoms with E-state index in [1.54, 1.807) is 12.1 Å². The molecule has 2 heterocycles. The zero-order chi connectivity index (χ0) is 20.2. The van der Waals surface area contributed by atoms with E-state index < -0.39 is 0 Å². The fourth-order valence-electron chi connectivity index (χ4n) is 3.42. The van der Waals surface area contributed by atoms with Crippen molar-refractivity contribution in [1.29, 1.82) is 0 Å². The molecule has 1 aliphatic heterocycles. The fourth-order valence-corrected chi connectivity index (χ4v) is 4.23. The summed E-state index contributed by atoms with van der Waals surface area (Å²) in [5, 5.41) is 3.26. The van der Waals surface area contributed by atoms with E-state index in [0.717, 1.165) is 29.4 Å². The van der Waals surface area contributed by atoms with E-state index in [4.69, 9.17) is 16.3 Å². The van der Waals surface area contributed by atoms with Crippen LogP contribution in [0.1, 0.15) is 27.1 Å². The number of aromatic nitrogens is 1. The van der Waals surface area contributed by atoms with Crippen LogP contribution in [-0.2, 0) is 6.61 Å². The summed E-state index contributed by atoms with van der Waals surface area (Å²) in [6, 6.07) is 17.4. The molecule has 1 aliphatic rings. The van der Waals surface area contributed by atoms with Crippen molar-refractivity contribution in [2.75, 3.05) is 26.7 Å². The van der Waals surface area contributed by atoms with Gasteiger partial charge in [0.1, 0.15) is 23.1 Å². The second kappa shape index (κ2) is 8.95. The van der Waals surface area contributed by atoms with Crippen LogP contribution < -0.4 is 4.74 Å². The van der Waals surface area contributed by atoms with Crippen LogP contribution in [0.2, 0.25) is 5.02 Å². The number of carbonyl (C=O) groups is 1. The molecule has 0 radical (unpaired) electrons. The first-order chi connectivity index (χ1) is 14.1. The van der Waals surface area contributed by atoms with E-state index in [9.17, 15) is 4.79 Å². The lowest BCUT2D eigenvalue weighted by Gasteiger charge is -2.40. The van der Waals surface area contributed by atoms with Crippen LogP contribution in [0.4, 0.5) is 0 Å². The average Bonchev–Trinajstić information content (AvgIpc) is 3.22. The molecule has 29 heavy (non-hydrogen) atoms. The van der Waals surface area contributed by atoms with Gasteiger partial charge in [-0.15, -0.1) is 11.3 Å². The van der Waals surface area contributed by atoms with E-state index in [0.29, 0.717) is 23.9 Å². The van der Waals surface area contributed by atoms with Crippen LogP contribution in [0.25, 0.3) is 0 Å². The number of hydrogen-bond acceptors (Lipinski definition) is 5. The van der Waals surface area contributed by atoms with Gasteiger partial charge in [-0.05, 0) is 36.9 Å². The molecule has 3 aromatic rings. The standard InChI is InChI=1S/C22H22ClN3O2S/c1-25-11-12-26(20(13-25)16-5-3-2-4-6-16)22(27)19-15-29-21(24-19)14-28-18-9-7-17(23)8-10-18/h2-10,15,20H,11-14H2,1H3. The van der Waals surface area contributed by atoms with Crippen molar-refractivity contribution in [3.63, 3.8) is 0 Å². The van der Waals surface area contributed by atoms with Gasteiger partial charge in [-0.1, -0.05) is 41.9 Å². The minimum Gasteiger partial charge on any atom is -0.486 e. The van der Waals surface area contributed by atoms with Crippen molar-refractivity contribution in [3.8, 4) is 5.75 Å². The molecule has 0 saturated carbocycles. The van der Waals surface area contributed by atoms with Gasteiger partial charge < -0.3 is 14.5 Å². The molecule has 1 aromatic heterocycles. The quantitative estimate of drug-likeness (QED) is 0.601. The molecule has 150 valence electrons. The molecule has 1 atom stereocenters. The highest BCUT2D eigenvalue weighted by molar-refractivity contribution is 7.09. The molecule has 5 nitrogen and oxygen atoms in total. The van der Waals surface area contributed by atoms with Gasteiger partial charge in [0.25, 0.3) is 5.91 Å². The zero-order valence-electron chi connectivity index (χ0n) is 16.1. The lowest BCUT2D eigenvalue weighted by atomic mass is 10.0. The van der Waals surface area contributed by atoms with Crippen LogP contribution in [0.5, 0.6) is 5.75 Å². The van der Waals surface area contributed by atoms with Gasteiger partial charge in [0.15, 0.2) is 0 Å². The number of ether oxygens (including phenoxy) is 1. The number of rotatable bonds is 5. The molecular formula is C22H22ClN3O2S. The van der Waals surface area contributed by atoms with E-state index in [-0.39, 0.29) is 11.9 Å². The number of hydrogen-bond donors (Lipinski definition) is 0. The summed E-state index contributed by atoms with van der Waals surface area (Å²) in [6.07, 6.45) is 0. The number of amides is 1. The molecule has 0 N–H and O–H groups in total. The number of piperazine rings is 1. The molecule has 0 aliphatic carbocycles. The van der Waals surface area contributed by atoms with E-state index in [2.05, 4.69) is 29.1 Å². The summed E-state index contributed by atoms with van der Waals surface area (Å²) in [5.41, 5.74) is 1.63. The van der Waals surface area contributed by atoms with Gasteiger partial charge in [0.2, 0.25) is 0 Å². The van der Waals surface area contributed by atoms with Crippen molar-refractivity contribution in [1.82, 2.24) is 14.8 Å². The number of nitrogens with zero attached hydrogens (tertiary/aromatic N) is 3. The number of halogens is 1. The van der Waals surface area contributed by atoms with Crippen LogP contribution >= 0.6 is 22.9 Å². The first kappa shape index (κ1) is 19.9. The SMILES string of the molecule is CN1CCN(C(=O)c2csc(COc3ccc(Cl)cc3)n2)C(c2ccccc2)C1. The molecule has 7 heteroatoms. The number of benzene rings is 2. The highest BCUT2D eigenvalue weighted by Gasteiger charge is 2.31. The molecule has 0 bridgehead atoms. The minimum absolute atomic E-state index is 0.0258. The van der Waals surface area contributed by atoms with Crippen LogP contribution in [0.15, 0.2) is 60.0 Å². The van der Waals surface area contributed by atoms with Crippen molar-refractivity contribution in [2.24, 2.45) is 0 Å². The van der Waals surface area contributed by atoms with Crippen molar-refractivity contribution >= 4 is 28.8 Å². The van der Waals surface area contributed by atoms with Gasteiger partial charge >= 0.3 is 0 Å². The maximum Gasteiger partial charge on any atom is 0.273 e. The molecule has 2 aromatic carbocycles. The molecule has 4 rings (SSSR count). The van der Waals surface area contributed by atoms with Gasteiger partial charge in [-0.3, -0.25) is 4.79 Å². The van der Waals surface area contributed by atoms with Crippen LogP contribution in [0.3, 0.4) is 0 Å². The lowest BCUT2D eigenvalue weighted by molar-refractivity contribution is 0.0492. The molecule has 1 fully saturated rings. The number of thiazole rings is 1. The Bertz CT molecular complexity index is 962. The summed E-state index contributed by atoms with van der Waals surface area (Å²) in [6.45, 7) is 2.67. The highest BCUT2D eigenvalue weighted by Crippen LogP contribution is 2.27. The third-order valence-electron chi connectivity index (χ3n) is 4.98. The first-order valence-electron chi connectivity index (χ1n) is 9.47. The summed E-state index contributed by atoms with van der Waals surface area (Å²) in [4.78, 5) is 21.9. The van der Waals surface area contributed by atoms with Crippen LogP contribution in [0, 0.1) is 0 Å². The molecular weight excluding hydrogens is 406 g/mol. The smallest absolute Gasteiger partial charge is 0.273 e. The second-order valence-corrected chi connectivity index (χ2v) is 8.44. The summed E-state index contributed by atoms with van der Waals surface area (Å²) in [7, 11) is 2.09. The van der Waals surface area contributed by atoms with Gasteiger partial charge in [-0.2, -0.15) is 0 Å². The third kappa shape index (κ3) is 4.78. The van der Waals surface area contributed by atoms with Crippen LogP contribution in [-0.4, -0.2) is 47.4 Å². The molecule has 1 amide bonds.